The molecule has 1 N–H and O–H groups in total. The number of aliphatic imine (C=N–C) groups is 1. The Morgan fingerprint density at radius 1 is 1.48 bits per heavy atom. The quantitative estimate of drug-likeness (QED) is 0.627. The third-order valence-electron chi connectivity index (χ3n) is 4.64. The molecule has 0 bridgehead atoms. The second kappa shape index (κ2) is 8.21. The van der Waals surface area contributed by atoms with Gasteiger partial charge in [-0.2, -0.15) is 0 Å². The molecule has 1 amide bonds. The minimum atomic E-state index is -0.715. The number of carbonyl (C=O) groups excluding carboxylic acids is 1. The van der Waals surface area contributed by atoms with Crippen LogP contribution < -0.4 is 0 Å². The number of amides is 1. The van der Waals surface area contributed by atoms with Crippen LogP contribution in [0, 0.1) is 0 Å². The minimum absolute atomic E-state index is 0.194. The van der Waals surface area contributed by atoms with E-state index in [-0.39, 0.29) is 5.91 Å². The van der Waals surface area contributed by atoms with Gasteiger partial charge in [-0.25, -0.2) is 4.98 Å². The van der Waals surface area contributed by atoms with Crippen molar-refractivity contribution in [2.75, 3.05) is 26.8 Å². The number of nitrogens with zero attached hydrogens (tertiary/aromatic N) is 4. The van der Waals surface area contributed by atoms with Crippen molar-refractivity contribution in [3.63, 3.8) is 0 Å². The summed E-state index contributed by atoms with van der Waals surface area (Å²) in [6.07, 6.45) is 3.25. The number of morpholine rings is 1. The van der Waals surface area contributed by atoms with Gasteiger partial charge in [0.05, 0.1) is 24.0 Å². The number of hydrogen-bond acceptors (Lipinski definition) is 6. The molecule has 0 radical (unpaired) electrons. The molecule has 0 saturated carbocycles. The van der Waals surface area contributed by atoms with Crippen molar-refractivity contribution in [2.45, 2.75) is 25.2 Å². The number of rotatable bonds is 4. The molecule has 0 unspecified atom stereocenters. The molecular formula is C19H23ClN4O3. The molecule has 0 spiro atoms. The number of aliphatic hydroxyl groups excluding tert-OH is 1. The van der Waals surface area contributed by atoms with Crippen LogP contribution in [0.5, 0.6) is 0 Å². The monoisotopic (exact) mass is 390 g/mol. The molecule has 0 aromatic carbocycles. The van der Waals surface area contributed by atoms with Gasteiger partial charge in [0.25, 0.3) is 0 Å². The number of pyridine rings is 1. The summed E-state index contributed by atoms with van der Waals surface area (Å²) >= 11 is 6.27. The maximum Gasteiger partial charge on any atom is 0.246 e. The summed E-state index contributed by atoms with van der Waals surface area (Å²) in [5, 5.41) is 10.3. The average molecular weight is 391 g/mol. The molecule has 1 fully saturated rings. The van der Waals surface area contributed by atoms with Gasteiger partial charge in [-0.05, 0) is 36.8 Å². The highest BCUT2D eigenvalue weighted by atomic mass is 35.5. The summed E-state index contributed by atoms with van der Waals surface area (Å²) < 4.78 is 6.06. The maximum atomic E-state index is 12.1. The highest BCUT2D eigenvalue weighted by Gasteiger charge is 2.33. The van der Waals surface area contributed by atoms with Crippen LogP contribution in [0.2, 0.25) is 5.15 Å². The predicted molar refractivity (Wildman–Crippen MR) is 104 cm³/mol. The first kappa shape index (κ1) is 19.5. The molecule has 27 heavy (non-hydrogen) atoms. The van der Waals surface area contributed by atoms with Crippen LogP contribution in [-0.2, 0) is 9.53 Å². The average Bonchev–Trinajstić information content (AvgIpc) is 2.66. The van der Waals surface area contributed by atoms with E-state index in [0.717, 1.165) is 11.3 Å². The van der Waals surface area contributed by atoms with Gasteiger partial charge in [-0.1, -0.05) is 18.2 Å². The number of aromatic nitrogens is 1. The van der Waals surface area contributed by atoms with E-state index < -0.39 is 18.3 Å². The van der Waals surface area contributed by atoms with E-state index in [4.69, 9.17) is 16.3 Å². The van der Waals surface area contributed by atoms with E-state index in [1.54, 1.807) is 24.1 Å². The Hall–Kier alpha value is -2.22. The Morgan fingerprint density at radius 3 is 2.93 bits per heavy atom. The van der Waals surface area contributed by atoms with E-state index in [2.05, 4.69) is 16.6 Å². The number of aliphatic hydroxyl groups is 1. The van der Waals surface area contributed by atoms with Crippen LogP contribution in [0.15, 0.2) is 35.9 Å². The number of carbonyl (C=O) groups is 1. The largest absolute Gasteiger partial charge is 0.391 e. The number of allylic oxidation sites excluding steroid dienone is 1. The van der Waals surface area contributed by atoms with Crippen molar-refractivity contribution in [3.05, 3.63) is 47.3 Å². The molecule has 3 atom stereocenters. The van der Waals surface area contributed by atoms with Crippen LogP contribution in [0.1, 0.15) is 24.3 Å². The molecule has 0 aliphatic carbocycles. The van der Waals surface area contributed by atoms with Crippen molar-refractivity contribution >= 4 is 29.4 Å². The van der Waals surface area contributed by atoms with Crippen LogP contribution in [-0.4, -0.2) is 71.0 Å². The molecule has 7 nitrogen and oxygen atoms in total. The highest BCUT2D eigenvalue weighted by Crippen LogP contribution is 2.30. The molecule has 3 rings (SSSR count). The van der Waals surface area contributed by atoms with Crippen LogP contribution >= 0.6 is 11.6 Å². The first-order valence-corrected chi connectivity index (χ1v) is 9.10. The minimum Gasteiger partial charge on any atom is -0.391 e. The van der Waals surface area contributed by atoms with Crippen molar-refractivity contribution < 1.29 is 14.6 Å². The fraction of sp³-hybridized carbons (Fsp3) is 0.421. The smallest absolute Gasteiger partial charge is 0.246 e. The molecule has 144 valence electrons. The van der Waals surface area contributed by atoms with Gasteiger partial charge in [0, 0.05) is 19.8 Å². The molecule has 1 aromatic rings. The molecule has 2 aliphatic heterocycles. The van der Waals surface area contributed by atoms with Crippen molar-refractivity contribution in [3.8, 4) is 0 Å². The fourth-order valence-electron chi connectivity index (χ4n) is 3.16. The number of ether oxygens (including phenoxy) is 1. The van der Waals surface area contributed by atoms with E-state index >= 15 is 0 Å². The Labute approximate surface area is 163 Å². The molecular weight excluding hydrogens is 368 g/mol. The SMILES string of the molecule is C=CC(=O)N1C[C@@H](c2cc(Cl)nc(C3=CC=NCN3C)c2)O[C@H]([C@H](C)O)C1. The zero-order valence-corrected chi connectivity index (χ0v) is 16.1. The zero-order chi connectivity index (χ0) is 19.6. The summed E-state index contributed by atoms with van der Waals surface area (Å²) in [5.74, 6) is -0.194. The van der Waals surface area contributed by atoms with Gasteiger partial charge in [-0.3, -0.25) is 9.79 Å². The van der Waals surface area contributed by atoms with Gasteiger partial charge >= 0.3 is 0 Å². The highest BCUT2D eigenvalue weighted by molar-refractivity contribution is 6.29. The lowest BCUT2D eigenvalue weighted by molar-refractivity contribution is -0.152. The van der Waals surface area contributed by atoms with Gasteiger partial charge in [0.15, 0.2) is 0 Å². The molecule has 1 aromatic heterocycles. The molecule has 2 aliphatic rings. The lowest BCUT2D eigenvalue weighted by Gasteiger charge is -2.39. The summed E-state index contributed by atoms with van der Waals surface area (Å²) in [6.45, 7) is 6.41. The Bertz CT molecular complexity index is 793. The third kappa shape index (κ3) is 4.37. The van der Waals surface area contributed by atoms with Crippen LogP contribution in [0.25, 0.3) is 5.70 Å². The summed E-state index contributed by atoms with van der Waals surface area (Å²) in [6, 6.07) is 3.63. The first-order chi connectivity index (χ1) is 12.9. The first-order valence-electron chi connectivity index (χ1n) is 8.73. The van der Waals surface area contributed by atoms with E-state index in [9.17, 15) is 9.90 Å². The second-order valence-electron chi connectivity index (χ2n) is 6.68. The summed E-state index contributed by atoms with van der Waals surface area (Å²) in [5.41, 5.74) is 2.40. The molecule has 1 saturated heterocycles. The standard InChI is InChI=1S/C19H23ClN4O3/c1-4-19(26)24-9-16(12(2)25)27-17(10-24)13-7-14(22-18(20)8-13)15-5-6-21-11-23(15)3/h4-8,12,16-17,25H,1,9-11H2,2-3H3/t12-,16-,17-/m0/s1. The van der Waals surface area contributed by atoms with E-state index in [1.807, 2.05) is 24.1 Å². The van der Waals surface area contributed by atoms with Crippen molar-refractivity contribution in [2.24, 2.45) is 4.99 Å². The zero-order valence-electron chi connectivity index (χ0n) is 15.4. The van der Waals surface area contributed by atoms with Gasteiger partial charge in [0.2, 0.25) is 5.91 Å². The van der Waals surface area contributed by atoms with Gasteiger partial charge in [-0.15, -0.1) is 0 Å². The van der Waals surface area contributed by atoms with Crippen LogP contribution in [0.3, 0.4) is 0 Å². The molecule has 3 heterocycles. The van der Waals surface area contributed by atoms with Crippen LogP contribution in [0.4, 0.5) is 0 Å². The Kier molecular flexibility index (Phi) is 5.94. The number of halogens is 1. The van der Waals surface area contributed by atoms with Gasteiger partial charge < -0.3 is 19.6 Å². The lowest BCUT2D eigenvalue weighted by atomic mass is 10.0. The fourth-order valence-corrected chi connectivity index (χ4v) is 3.38. The maximum absolute atomic E-state index is 12.1. The Balaban J connectivity index is 1.94. The summed E-state index contributed by atoms with van der Waals surface area (Å²) in [7, 11) is 1.93. The number of hydrogen-bond donors (Lipinski definition) is 1. The molecule has 8 heteroatoms. The third-order valence-corrected chi connectivity index (χ3v) is 4.84. The lowest BCUT2D eigenvalue weighted by Crippen LogP contribution is -2.50. The summed E-state index contributed by atoms with van der Waals surface area (Å²) in [4.78, 5) is 24.4. The van der Waals surface area contributed by atoms with Crippen molar-refractivity contribution in [1.29, 1.82) is 0 Å². The topological polar surface area (TPSA) is 78.3 Å². The van der Waals surface area contributed by atoms with E-state index in [1.165, 1.54) is 6.08 Å². The normalized spacial score (nSPS) is 23.8. The second-order valence-corrected chi connectivity index (χ2v) is 7.07. The van der Waals surface area contributed by atoms with Gasteiger partial charge in [0.1, 0.15) is 24.0 Å². The predicted octanol–water partition coefficient (Wildman–Crippen LogP) is 1.88. The van der Waals surface area contributed by atoms with E-state index in [0.29, 0.717) is 30.6 Å². The van der Waals surface area contributed by atoms with Crippen molar-refractivity contribution in [1.82, 2.24) is 14.8 Å². The Morgan fingerprint density at radius 2 is 2.26 bits per heavy atom.